The quantitative estimate of drug-likeness (QED) is 0.595. The zero-order chi connectivity index (χ0) is 14.3. The van der Waals surface area contributed by atoms with Crippen molar-refractivity contribution in [3.05, 3.63) is 29.8 Å². The summed E-state index contributed by atoms with van der Waals surface area (Å²) in [6.07, 6.45) is 1.11. The Morgan fingerprint density at radius 1 is 1.42 bits per heavy atom. The lowest BCUT2D eigenvalue weighted by Gasteiger charge is -2.10. The Bertz CT molecular complexity index is 455. The van der Waals surface area contributed by atoms with E-state index in [0.717, 1.165) is 0 Å². The maximum Gasteiger partial charge on any atom is 0.387 e. The van der Waals surface area contributed by atoms with Crippen LogP contribution in [0.5, 0.6) is 5.75 Å². The molecule has 19 heavy (non-hydrogen) atoms. The second kappa shape index (κ2) is 7.63. The van der Waals surface area contributed by atoms with Gasteiger partial charge in [-0.1, -0.05) is 24.4 Å². The van der Waals surface area contributed by atoms with Crippen molar-refractivity contribution < 1.29 is 18.3 Å². The second-order valence-corrected chi connectivity index (χ2v) is 4.22. The highest BCUT2D eigenvalue weighted by Crippen LogP contribution is 2.19. The van der Waals surface area contributed by atoms with Crippen molar-refractivity contribution in [1.82, 2.24) is 5.32 Å². The van der Waals surface area contributed by atoms with Crippen LogP contribution in [0.15, 0.2) is 24.3 Å². The van der Waals surface area contributed by atoms with Crippen molar-refractivity contribution in [2.75, 3.05) is 6.54 Å². The molecule has 0 heterocycles. The van der Waals surface area contributed by atoms with Gasteiger partial charge in [0.05, 0.1) is 10.6 Å². The number of amides is 1. The number of carbonyl (C=O) groups excluding carboxylic acids is 1. The van der Waals surface area contributed by atoms with Crippen molar-refractivity contribution in [3.8, 4) is 5.75 Å². The molecule has 0 aromatic heterocycles. The molecule has 7 heteroatoms. The van der Waals surface area contributed by atoms with E-state index in [1.54, 1.807) is 6.07 Å². The molecule has 1 rings (SSSR count). The molecule has 104 valence electrons. The Labute approximate surface area is 114 Å². The summed E-state index contributed by atoms with van der Waals surface area (Å²) in [6.45, 7) is -2.61. The molecule has 4 nitrogen and oxygen atoms in total. The molecule has 0 atom stereocenters. The van der Waals surface area contributed by atoms with E-state index < -0.39 is 12.5 Å². The predicted molar refractivity (Wildman–Crippen MR) is 71.4 cm³/mol. The van der Waals surface area contributed by atoms with Gasteiger partial charge in [0.2, 0.25) is 0 Å². The van der Waals surface area contributed by atoms with Crippen LogP contribution in [0.2, 0.25) is 0 Å². The van der Waals surface area contributed by atoms with E-state index in [2.05, 4.69) is 10.1 Å². The van der Waals surface area contributed by atoms with Gasteiger partial charge >= 0.3 is 6.61 Å². The number of ether oxygens (including phenoxy) is 1. The van der Waals surface area contributed by atoms with Crippen molar-refractivity contribution in [2.45, 2.75) is 19.5 Å². The van der Waals surface area contributed by atoms with Crippen LogP contribution in [0.3, 0.4) is 0 Å². The Morgan fingerprint density at radius 2 is 2.11 bits per heavy atom. The highest BCUT2D eigenvalue weighted by Gasteiger charge is 2.14. The Balaban J connectivity index is 2.58. The molecule has 0 fully saturated rings. The monoisotopic (exact) mass is 288 g/mol. The first-order valence-electron chi connectivity index (χ1n) is 5.61. The third kappa shape index (κ3) is 5.60. The summed E-state index contributed by atoms with van der Waals surface area (Å²) in [5, 5.41) is 2.59. The molecule has 1 aromatic rings. The highest BCUT2D eigenvalue weighted by molar-refractivity contribution is 7.80. The summed E-state index contributed by atoms with van der Waals surface area (Å²) in [6, 6.07) is 5.82. The summed E-state index contributed by atoms with van der Waals surface area (Å²) in [5.74, 6) is -0.622. The molecule has 1 amide bonds. The average molecular weight is 288 g/mol. The number of rotatable bonds is 7. The number of para-hydroxylation sites is 1. The second-order valence-electron chi connectivity index (χ2n) is 3.70. The molecule has 0 aliphatic heterocycles. The fourth-order valence-corrected chi connectivity index (χ4v) is 1.56. The number of nitrogens with two attached hydrogens (primary N) is 1. The lowest BCUT2D eigenvalue weighted by Crippen LogP contribution is -2.26. The normalized spacial score (nSPS) is 10.3. The molecular weight excluding hydrogens is 274 g/mol. The molecule has 0 aliphatic carbocycles. The molecule has 0 bridgehead atoms. The minimum atomic E-state index is -2.97. The molecular formula is C12H14F2N2O2S. The first kappa shape index (κ1) is 15.3. The van der Waals surface area contributed by atoms with E-state index in [9.17, 15) is 13.6 Å². The van der Waals surface area contributed by atoms with Gasteiger partial charge in [-0.15, -0.1) is 0 Å². The minimum absolute atomic E-state index is 0.0677. The Morgan fingerprint density at radius 3 is 2.74 bits per heavy atom. The van der Waals surface area contributed by atoms with Crippen molar-refractivity contribution in [3.63, 3.8) is 0 Å². The van der Waals surface area contributed by atoms with Gasteiger partial charge in [0.25, 0.3) is 5.91 Å². The van der Waals surface area contributed by atoms with Gasteiger partial charge in [-0.2, -0.15) is 8.78 Å². The Kier molecular flexibility index (Phi) is 6.14. The lowest BCUT2D eigenvalue weighted by molar-refractivity contribution is -0.0501. The largest absolute Gasteiger partial charge is 0.434 e. The van der Waals surface area contributed by atoms with Crippen LogP contribution in [-0.2, 0) is 0 Å². The van der Waals surface area contributed by atoms with E-state index in [0.29, 0.717) is 24.4 Å². The van der Waals surface area contributed by atoms with Gasteiger partial charge in [-0.3, -0.25) is 4.79 Å². The SMILES string of the molecule is NC(=S)CCCNC(=O)c1ccccc1OC(F)F. The number of thiocarbonyl (C=S) groups is 1. The molecule has 0 saturated carbocycles. The lowest BCUT2D eigenvalue weighted by atomic mass is 10.2. The van der Waals surface area contributed by atoms with Gasteiger partial charge in [0.15, 0.2) is 0 Å². The molecule has 0 spiro atoms. The fraction of sp³-hybridized carbons (Fsp3) is 0.333. The highest BCUT2D eigenvalue weighted by atomic mass is 32.1. The predicted octanol–water partition coefficient (Wildman–Crippen LogP) is 2.08. The summed E-state index contributed by atoms with van der Waals surface area (Å²) < 4.78 is 28.6. The topological polar surface area (TPSA) is 64.3 Å². The van der Waals surface area contributed by atoms with Crippen LogP contribution in [-0.4, -0.2) is 24.1 Å². The number of nitrogens with one attached hydrogen (secondary N) is 1. The number of hydrogen-bond acceptors (Lipinski definition) is 3. The molecule has 0 radical (unpaired) electrons. The van der Waals surface area contributed by atoms with Crippen LogP contribution in [0, 0.1) is 0 Å². The van der Waals surface area contributed by atoms with Crippen molar-refractivity contribution >= 4 is 23.1 Å². The first-order chi connectivity index (χ1) is 9.00. The van der Waals surface area contributed by atoms with Crippen molar-refractivity contribution in [1.29, 1.82) is 0 Å². The van der Waals surface area contributed by atoms with Gasteiger partial charge in [0.1, 0.15) is 5.75 Å². The molecule has 0 aliphatic rings. The number of carbonyl (C=O) groups is 1. The minimum Gasteiger partial charge on any atom is -0.434 e. The van der Waals surface area contributed by atoms with Gasteiger partial charge < -0.3 is 15.8 Å². The third-order valence-corrected chi connectivity index (χ3v) is 2.44. The summed E-state index contributed by atoms with van der Waals surface area (Å²) in [4.78, 5) is 12.2. The zero-order valence-electron chi connectivity index (χ0n) is 10.1. The van der Waals surface area contributed by atoms with Crippen LogP contribution in [0.4, 0.5) is 8.78 Å². The summed E-state index contributed by atoms with van der Waals surface area (Å²) in [5.41, 5.74) is 5.38. The molecule has 0 unspecified atom stereocenters. The van der Waals surface area contributed by atoms with E-state index in [1.807, 2.05) is 0 Å². The number of hydrogen-bond donors (Lipinski definition) is 2. The maximum absolute atomic E-state index is 12.2. The fourth-order valence-electron chi connectivity index (χ4n) is 1.41. The van der Waals surface area contributed by atoms with Crippen LogP contribution in [0.25, 0.3) is 0 Å². The summed E-state index contributed by atoms with van der Waals surface area (Å²) >= 11 is 4.70. The maximum atomic E-state index is 12.2. The first-order valence-corrected chi connectivity index (χ1v) is 6.02. The van der Waals surface area contributed by atoms with Gasteiger partial charge in [-0.05, 0) is 25.0 Å². The summed E-state index contributed by atoms with van der Waals surface area (Å²) in [7, 11) is 0. The van der Waals surface area contributed by atoms with E-state index >= 15 is 0 Å². The average Bonchev–Trinajstić information content (AvgIpc) is 2.34. The molecule has 0 saturated heterocycles. The van der Waals surface area contributed by atoms with Gasteiger partial charge in [0, 0.05) is 6.54 Å². The van der Waals surface area contributed by atoms with Crippen LogP contribution in [0.1, 0.15) is 23.2 Å². The standard InChI is InChI=1S/C12H14F2N2O2S/c13-12(14)18-9-5-2-1-4-8(9)11(17)16-7-3-6-10(15)19/h1-2,4-5,12H,3,6-7H2,(H2,15,19)(H,16,17). The van der Waals surface area contributed by atoms with E-state index in [-0.39, 0.29) is 11.3 Å². The Hall–Kier alpha value is -1.76. The van der Waals surface area contributed by atoms with E-state index in [4.69, 9.17) is 18.0 Å². The number of benzene rings is 1. The number of alkyl halides is 2. The smallest absolute Gasteiger partial charge is 0.387 e. The number of halogens is 2. The van der Waals surface area contributed by atoms with E-state index in [1.165, 1.54) is 18.2 Å². The van der Waals surface area contributed by atoms with Gasteiger partial charge in [-0.25, -0.2) is 0 Å². The third-order valence-electron chi connectivity index (χ3n) is 2.23. The van der Waals surface area contributed by atoms with Crippen LogP contribution < -0.4 is 15.8 Å². The molecule has 3 N–H and O–H groups in total. The zero-order valence-corrected chi connectivity index (χ0v) is 10.9. The van der Waals surface area contributed by atoms with Crippen molar-refractivity contribution in [2.24, 2.45) is 5.73 Å². The van der Waals surface area contributed by atoms with Crippen LogP contribution >= 0.6 is 12.2 Å². The molecule has 1 aromatic carbocycles.